The fourth-order valence-electron chi connectivity index (χ4n) is 2.56. The number of benzene rings is 2. The SMILES string of the molecule is O=C(CSc1n[nH]c(=O)n1CCc1ccccc1)Nc1ccc(OC(F)(F)F)cc1. The molecule has 0 bridgehead atoms. The van der Waals surface area contributed by atoms with E-state index in [1.54, 1.807) is 0 Å². The maximum Gasteiger partial charge on any atom is 0.573 e. The molecule has 0 unspecified atom stereocenters. The van der Waals surface area contributed by atoms with Crippen LogP contribution in [0.4, 0.5) is 18.9 Å². The Balaban J connectivity index is 1.53. The number of rotatable bonds is 8. The average molecular weight is 438 g/mol. The van der Waals surface area contributed by atoms with Gasteiger partial charge in [-0.3, -0.25) is 9.36 Å². The number of hydrogen-bond donors (Lipinski definition) is 2. The van der Waals surface area contributed by atoms with Crippen molar-refractivity contribution in [1.82, 2.24) is 14.8 Å². The summed E-state index contributed by atoms with van der Waals surface area (Å²) in [6.07, 6.45) is -4.15. The fourth-order valence-corrected chi connectivity index (χ4v) is 3.34. The number of nitrogens with zero attached hydrogens (tertiary/aromatic N) is 2. The third-order valence-electron chi connectivity index (χ3n) is 3.89. The van der Waals surface area contributed by atoms with Crippen LogP contribution < -0.4 is 15.7 Å². The first-order valence-corrected chi connectivity index (χ1v) is 9.76. The predicted molar refractivity (Wildman–Crippen MR) is 105 cm³/mol. The van der Waals surface area contributed by atoms with Crippen LogP contribution >= 0.6 is 11.8 Å². The first-order chi connectivity index (χ1) is 14.3. The van der Waals surface area contributed by atoms with E-state index in [0.717, 1.165) is 29.5 Å². The Morgan fingerprint density at radius 2 is 1.83 bits per heavy atom. The average Bonchev–Trinajstić information content (AvgIpc) is 3.05. The van der Waals surface area contributed by atoms with E-state index in [1.807, 2.05) is 30.3 Å². The van der Waals surface area contributed by atoms with Crippen LogP contribution in [0.15, 0.2) is 64.5 Å². The third-order valence-corrected chi connectivity index (χ3v) is 4.87. The van der Waals surface area contributed by atoms with E-state index in [9.17, 15) is 22.8 Å². The first-order valence-electron chi connectivity index (χ1n) is 8.78. The lowest BCUT2D eigenvalue weighted by Crippen LogP contribution is -2.20. The van der Waals surface area contributed by atoms with Crippen molar-refractivity contribution in [2.45, 2.75) is 24.5 Å². The Morgan fingerprint density at radius 3 is 2.50 bits per heavy atom. The quantitative estimate of drug-likeness (QED) is 0.526. The van der Waals surface area contributed by atoms with E-state index >= 15 is 0 Å². The molecule has 1 amide bonds. The highest BCUT2D eigenvalue weighted by atomic mass is 32.2. The highest BCUT2D eigenvalue weighted by Gasteiger charge is 2.30. The molecule has 3 rings (SSSR count). The number of anilines is 1. The van der Waals surface area contributed by atoms with Crippen molar-refractivity contribution in [3.63, 3.8) is 0 Å². The first kappa shape index (κ1) is 21.5. The normalized spacial score (nSPS) is 11.3. The topological polar surface area (TPSA) is 89.0 Å². The molecule has 1 aromatic heterocycles. The molecule has 7 nitrogen and oxygen atoms in total. The fraction of sp³-hybridized carbons (Fsp3) is 0.211. The van der Waals surface area contributed by atoms with Crippen LogP contribution in [-0.4, -0.2) is 32.8 Å². The number of aromatic amines is 1. The molecule has 0 atom stereocenters. The van der Waals surface area contributed by atoms with Crippen molar-refractivity contribution in [2.75, 3.05) is 11.1 Å². The number of nitrogens with one attached hydrogen (secondary N) is 2. The van der Waals surface area contributed by atoms with Crippen LogP contribution in [0.5, 0.6) is 5.75 Å². The highest BCUT2D eigenvalue weighted by molar-refractivity contribution is 7.99. The standard InChI is InChI=1S/C19H17F3N4O3S/c20-19(21,22)29-15-8-6-14(7-9-15)23-16(27)12-30-18-25-24-17(28)26(18)11-10-13-4-2-1-3-5-13/h1-9H,10-12H2,(H,23,27)(H,24,28). The molecule has 11 heteroatoms. The zero-order valence-electron chi connectivity index (χ0n) is 15.5. The minimum atomic E-state index is -4.78. The predicted octanol–water partition coefficient (Wildman–Crippen LogP) is 3.44. The number of H-pyrrole nitrogens is 1. The molecule has 0 aliphatic rings. The van der Waals surface area contributed by atoms with Gasteiger partial charge in [-0.05, 0) is 36.2 Å². The van der Waals surface area contributed by atoms with Crippen LogP contribution in [0, 0.1) is 0 Å². The Morgan fingerprint density at radius 1 is 1.13 bits per heavy atom. The summed E-state index contributed by atoms with van der Waals surface area (Å²) < 4.78 is 41.7. The molecule has 0 saturated carbocycles. The van der Waals surface area contributed by atoms with Crippen molar-refractivity contribution in [3.05, 3.63) is 70.6 Å². The molecular weight excluding hydrogens is 421 g/mol. The second-order valence-corrected chi connectivity index (χ2v) is 7.05. The van der Waals surface area contributed by atoms with Crippen molar-refractivity contribution < 1.29 is 22.7 Å². The van der Waals surface area contributed by atoms with Gasteiger partial charge in [0, 0.05) is 12.2 Å². The van der Waals surface area contributed by atoms with Crippen LogP contribution in [0.2, 0.25) is 0 Å². The summed E-state index contributed by atoms with van der Waals surface area (Å²) in [5.74, 6) is -0.806. The zero-order valence-corrected chi connectivity index (χ0v) is 16.3. The van der Waals surface area contributed by atoms with Crippen molar-refractivity contribution in [2.24, 2.45) is 0 Å². The van der Waals surface area contributed by atoms with Crippen molar-refractivity contribution in [1.29, 1.82) is 0 Å². The number of aromatic nitrogens is 3. The van der Waals surface area contributed by atoms with Gasteiger partial charge in [-0.25, -0.2) is 9.89 Å². The molecule has 0 fully saturated rings. The van der Waals surface area contributed by atoms with Gasteiger partial charge >= 0.3 is 12.1 Å². The number of aryl methyl sites for hydroxylation is 1. The van der Waals surface area contributed by atoms with E-state index in [-0.39, 0.29) is 17.2 Å². The van der Waals surface area contributed by atoms with Gasteiger partial charge in [0.2, 0.25) is 5.91 Å². The van der Waals surface area contributed by atoms with E-state index in [1.165, 1.54) is 16.7 Å². The second kappa shape index (κ2) is 9.53. The molecule has 1 heterocycles. The highest BCUT2D eigenvalue weighted by Crippen LogP contribution is 2.24. The lowest BCUT2D eigenvalue weighted by atomic mass is 10.1. The van der Waals surface area contributed by atoms with E-state index < -0.39 is 12.3 Å². The molecule has 0 aliphatic heterocycles. The summed E-state index contributed by atoms with van der Waals surface area (Å²) in [6.45, 7) is 0.407. The number of alkyl halides is 3. The molecule has 30 heavy (non-hydrogen) atoms. The summed E-state index contributed by atoms with van der Waals surface area (Å²) in [7, 11) is 0. The number of carbonyl (C=O) groups excluding carboxylic acids is 1. The summed E-state index contributed by atoms with van der Waals surface area (Å²) in [6, 6.07) is 14.4. The van der Waals surface area contributed by atoms with Gasteiger partial charge < -0.3 is 10.1 Å². The van der Waals surface area contributed by atoms with E-state index in [2.05, 4.69) is 20.3 Å². The maximum absolute atomic E-state index is 12.2. The molecule has 0 spiro atoms. The third kappa shape index (κ3) is 6.41. The van der Waals surface area contributed by atoms with Gasteiger partial charge in [0.15, 0.2) is 5.16 Å². The molecule has 0 saturated heterocycles. The largest absolute Gasteiger partial charge is 0.573 e. The van der Waals surface area contributed by atoms with Crippen LogP contribution in [0.3, 0.4) is 0 Å². The number of carbonyl (C=O) groups is 1. The maximum atomic E-state index is 12.2. The molecule has 0 aliphatic carbocycles. The van der Waals surface area contributed by atoms with Gasteiger partial charge in [0.05, 0.1) is 5.75 Å². The van der Waals surface area contributed by atoms with Crippen LogP contribution in [-0.2, 0) is 17.8 Å². The molecule has 2 aromatic carbocycles. The Kier molecular flexibility index (Phi) is 6.83. The van der Waals surface area contributed by atoms with Gasteiger partial charge in [0.25, 0.3) is 0 Å². The molecular formula is C19H17F3N4O3S. The Bertz CT molecular complexity index is 1030. The number of ether oxygens (including phenoxy) is 1. The second-order valence-electron chi connectivity index (χ2n) is 6.11. The number of hydrogen-bond acceptors (Lipinski definition) is 5. The van der Waals surface area contributed by atoms with E-state index in [0.29, 0.717) is 23.8 Å². The molecule has 0 radical (unpaired) electrons. The Labute approximate surface area is 173 Å². The monoisotopic (exact) mass is 438 g/mol. The summed E-state index contributed by atoms with van der Waals surface area (Å²) >= 11 is 1.08. The number of thioether (sulfide) groups is 1. The van der Waals surface area contributed by atoms with Crippen LogP contribution in [0.1, 0.15) is 5.56 Å². The van der Waals surface area contributed by atoms with Crippen molar-refractivity contribution >= 4 is 23.4 Å². The van der Waals surface area contributed by atoms with Gasteiger partial charge in [0.1, 0.15) is 5.75 Å². The molecule has 2 N–H and O–H groups in total. The van der Waals surface area contributed by atoms with Crippen LogP contribution in [0.25, 0.3) is 0 Å². The minimum absolute atomic E-state index is 0.0313. The summed E-state index contributed by atoms with van der Waals surface area (Å²) in [5, 5.41) is 9.25. The Hall–Kier alpha value is -3.21. The van der Waals surface area contributed by atoms with E-state index in [4.69, 9.17) is 0 Å². The smallest absolute Gasteiger partial charge is 0.406 e. The summed E-state index contributed by atoms with van der Waals surface area (Å²) in [5.41, 5.74) is 1.02. The van der Waals surface area contributed by atoms with Gasteiger partial charge in [-0.1, -0.05) is 42.1 Å². The van der Waals surface area contributed by atoms with Gasteiger partial charge in [-0.15, -0.1) is 18.3 Å². The molecule has 158 valence electrons. The summed E-state index contributed by atoms with van der Waals surface area (Å²) in [4.78, 5) is 24.1. The molecule has 3 aromatic rings. The minimum Gasteiger partial charge on any atom is -0.406 e. The number of amides is 1. The lowest BCUT2D eigenvalue weighted by molar-refractivity contribution is -0.274. The van der Waals surface area contributed by atoms with Gasteiger partial charge in [-0.2, -0.15) is 0 Å². The number of halogens is 3. The zero-order chi connectivity index (χ0) is 21.6. The lowest BCUT2D eigenvalue weighted by Gasteiger charge is -2.10. The van der Waals surface area contributed by atoms with Crippen molar-refractivity contribution in [3.8, 4) is 5.75 Å².